The molecule has 13 rings (SSSR count). The van der Waals surface area contributed by atoms with Gasteiger partial charge in [-0.05, 0) is 187 Å². The van der Waals surface area contributed by atoms with Crippen molar-refractivity contribution < 1.29 is 14.3 Å². The number of thiophene rings is 1. The molecule has 0 spiro atoms. The molecule has 0 amide bonds. The van der Waals surface area contributed by atoms with Gasteiger partial charge in [-0.25, -0.2) is 14.8 Å². The Morgan fingerprint density at radius 1 is 0.455 bits per heavy atom. The number of hydrogen-bond acceptors (Lipinski definition) is 9. The predicted octanol–water partition coefficient (Wildman–Crippen LogP) is 19.6. The zero-order valence-electron chi connectivity index (χ0n) is 49.2. The number of aromatic nitrogens is 4. The summed E-state index contributed by atoms with van der Waals surface area (Å²) < 4.78 is 6.03. The Balaban J connectivity index is 1.14. The summed E-state index contributed by atoms with van der Waals surface area (Å²) in [6, 6.07) is 69.1. The van der Waals surface area contributed by atoms with Gasteiger partial charge in [0.05, 0.1) is 77.2 Å². The van der Waals surface area contributed by atoms with Gasteiger partial charge in [0.15, 0.2) is 0 Å². The molecule has 0 radical (unpaired) electrons. The summed E-state index contributed by atoms with van der Waals surface area (Å²) in [6.45, 7) is 12.6. The van der Waals surface area contributed by atoms with Crippen LogP contribution >= 0.6 is 11.3 Å². The second-order valence-corrected chi connectivity index (χ2v) is 23.1. The molecule has 2 aliphatic heterocycles. The van der Waals surface area contributed by atoms with Crippen LogP contribution in [0.2, 0.25) is 0 Å². The molecule has 11 nitrogen and oxygen atoms in total. The monoisotopic (exact) mass is 1160 g/mol. The number of aliphatic carboxylic acids is 1. The quantitative estimate of drug-likeness (QED) is 0.0619. The number of benzene rings is 6. The zero-order chi connectivity index (χ0) is 60.6. The van der Waals surface area contributed by atoms with Crippen LogP contribution < -0.4 is 14.7 Å². The van der Waals surface area contributed by atoms with Crippen LogP contribution in [0.4, 0.5) is 51.2 Å². The number of nitrogens with zero attached hydrogens (tertiary/aromatic N) is 6. The molecule has 426 valence electrons. The summed E-state index contributed by atoms with van der Waals surface area (Å²) in [5.41, 5.74) is 21.2. The Kier molecular flexibility index (Phi) is 14.9. The van der Waals surface area contributed by atoms with E-state index in [0.717, 1.165) is 128 Å². The molecule has 7 heterocycles. The van der Waals surface area contributed by atoms with Crippen LogP contribution in [0.5, 0.6) is 0 Å². The van der Waals surface area contributed by atoms with Gasteiger partial charge in [0.2, 0.25) is 0 Å². The second-order valence-electron chi connectivity index (χ2n) is 22.0. The van der Waals surface area contributed by atoms with Crippen molar-refractivity contribution in [2.75, 3.05) is 14.7 Å². The molecule has 0 atom stereocenters. The first-order valence-corrected chi connectivity index (χ1v) is 29.7. The Hall–Kier alpha value is -11.4. The van der Waals surface area contributed by atoms with Crippen molar-refractivity contribution in [2.45, 2.75) is 41.5 Å². The minimum absolute atomic E-state index is 0.255. The molecule has 88 heavy (non-hydrogen) atoms. The van der Waals surface area contributed by atoms with Gasteiger partial charge < -0.3 is 34.2 Å². The van der Waals surface area contributed by atoms with Crippen LogP contribution in [-0.2, 0) is 4.79 Å². The predicted molar refractivity (Wildman–Crippen MR) is 361 cm³/mol. The van der Waals surface area contributed by atoms with Gasteiger partial charge in [-0.3, -0.25) is 0 Å². The minimum atomic E-state index is -1.33. The SMILES string of the molecule is Cc1ccc(N(c2ccc(C)cc2)c2c3nc(c(N(c4ccc(C)cc4)c4ccc(C)cc4)c4ccc([nH]4)c(N(c4ccc(C)cc4)c4ccc(C)cc4)c4nc(c(C#Cc5ccc(-c6ccc(/C=C(/C#N)C(=O)O)o6)s5)c5ccc2[nH]5)C=C4)C=C3)cc1. The molecule has 11 aromatic rings. The summed E-state index contributed by atoms with van der Waals surface area (Å²) in [5.74, 6) is 6.55. The highest BCUT2D eigenvalue weighted by atomic mass is 32.1. The lowest BCUT2D eigenvalue weighted by atomic mass is 10.1. The maximum atomic E-state index is 11.6. The summed E-state index contributed by atoms with van der Waals surface area (Å²) >= 11 is 1.44. The Bertz CT molecular complexity index is 4660. The molecule has 0 saturated heterocycles. The van der Waals surface area contributed by atoms with Gasteiger partial charge in [0.1, 0.15) is 23.2 Å². The van der Waals surface area contributed by atoms with E-state index in [2.05, 4.69) is 266 Å². The Labute approximate surface area is 514 Å². The normalized spacial score (nSPS) is 11.7. The molecule has 12 heteroatoms. The fraction of sp³-hybridized carbons (Fsp3) is 0.0789. The summed E-state index contributed by atoms with van der Waals surface area (Å²) in [6.07, 6.45) is 9.59. The van der Waals surface area contributed by atoms with E-state index < -0.39 is 11.5 Å². The second kappa shape index (κ2) is 23.5. The molecule has 3 N–H and O–H groups in total. The lowest BCUT2D eigenvalue weighted by Gasteiger charge is -2.27. The average Bonchev–Trinajstić information content (AvgIpc) is 1.73. The maximum Gasteiger partial charge on any atom is 0.346 e. The lowest BCUT2D eigenvalue weighted by Crippen LogP contribution is -2.13. The first-order chi connectivity index (χ1) is 42.8. The fourth-order valence-electron chi connectivity index (χ4n) is 10.9. The third-order valence-electron chi connectivity index (χ3n) is 15.5. The van der Waals surface area contributed by atoms with Crippen molar-refractivity contribution in [3.63, 3.8) is 0 Å². The van der Waals surface area contributed by atoms with Gasteiger partial charge in [-0.2, -0.15) is 5.26 Å². The van der Waals surface area contributed by atoms with E-state index in [4.69, 9.17) is 14.4 Å². The number of carboxylic acid groups (broad SMARTS) is 1. The number of anilines is 9. The Morgan fingerprint density at radius 2 is 0.807 bits per heavy atom. The number of nitriles is 1. The van der Waals surface area contributed by atoms with Crippen molar-refractivity contribution in [1.29, 1.82) is 5.26 Å². The number of rotatable bonds is 12. The van der Waals surface area contributed by atoms with E-state index in [1.54, 1.807) is 18.2 Å². The molecule has 6 aromatic carbocycles. The molecule has 0 fully saturated rings. The van der Waals surface area contributed by atoms with E-state index >= 15 is 0 Å². The number of aryl methyl sites for hydroxylation is 6. The largest absolute Gasteiger partial charge is 0.477 e. The van der Waals surface area contributed by atoms with E-state index in [1.807, 2.05) is 18.2 Å². The van der Waals surface area contributed by atoms with Gasteiger partial charge in [0, 0.05) is 40.2 Å². The number of fused-ring (bicyclic) bond motifs is 8. The van der Waals surface area contributed by atoms with Gasteiger partial charge in [-0.15, -0.1) is 11.3 Å². The van der Waals surface area contributed by atoms with Crippen molar-refractivity contribution in [3.05, 3.63) is 272 Å². The first kappa shape index (κ1) is 55.7. The maximum absolute atomic E-state index is 11.6. The van der Waals surface area contributed by atoms with E-state index in [0.29, 0.717) is 22.7 Å². The molecule has 0 aliphatic carbocycles. The summed E-state index contributed by atoms with van der Waals surface area (Å²) in [5, 5.41) is 18.9. The number of nitrogens with one attached hydrogen (secondary N) is 2. The summed E-state index contributed by atoms with van der Waals surface area (Å²) in [4.78, 5) is 39.4. The average molecular weight is 1160 g/mol. The summed E-state index contributed by atoms with van der Waals surface area (Å²) in [7, 11) is 0. The third kappa shape index (κ3) is 11.2. The van der Waals surface area contributed by atoms with Crippen LogP contribution in [-0.4, -0.2) is 31.0 Å². The van der Waals surface area contributed by atoms with E-state index in [1.165, 1.54) is 17.4 Å². The molecule has 0 saturated carbocycles. The third-order valence-corrected chi connectivity index (χ3v) is 16.5. The zero-order valence-corrected chi connectivity index (χ0v) is 50.0. The van der Waals surface area contributed by atoms with Gasteiger partial charge in [0.25, 0.3) is 0 Å². The Morgan fingerprint density at radius 3 is 1.18 bits per heavy atom. The standard InChI is InChI=1S/C76H58N8O3S/c1-47-7-19-54(20-8-47)82(55-21-9-48(2)10-22-55)73-65-37-35-63(78-65)62(34-32-61-33-44-72(88-61)71-43-31-60(87-71)45-53(46-77)76(85)86)64-36-38-66(79-64)74(83(56-23-11-49(3)12-24-56)57-25-13-50(4)14-26-57)68-40-42-70(81-68)75(69-41-39-67(73)80-69)84(58-27-15-51(5)16-28-58)59-29-17-52(6)18-30-59/h7-31,33,35-45,78,81H,1-6H3,(H,85,86)/b53-45-,63-62?,64-62?,73-65?,73-67?,74-66?,74-68?,75-69?,75-70?. The molecule has 2 aliphatic rings. The van der Waals surface area contributed by atoms with Crippen LogP contribution in [0.15, 0.2) is 204 Å². The number of furan rings is 1. The number of aromatic amines is 2. The van der Waals surface area contributed by atoms with Crippen molar-refractivity contribution in [2.24, 2.45) is 0 Å². The smallest absolute Gasteiger partial charge is 0.346 e. The molecule has 0 unspecified atom stereocenters. The van der Waals surface area contributed by atoms with Crippen LogP contribution in [0.25, 0.3) is 63.1 Å². The lowest BCUT2D eigenvalue weighted by molar-refractivity contribution is -0.132. The highest BCUT2D eigenvalue weighted by Crippen LogP contribution is 2.46. The number of carbonyl (C=O) groups is 1. The van der Waals surface area contributed by atoms with Gasteiger partial charge in [-0.1, -0.05) is 118 Å². The fourth-order valence-corrected chi connectivity index (χ4v) is 11.7. The van der Waals surface area contributed by atoms with E-state index in [9.17, 15) is 15.2 Å². The highest BCUT2D eigenvalue weighted by Gasteiger charge is 2.27. The molecular formula is C76H58N8O3S. The highest BCUT2D eigenvalue weighted by molar-refractivity contribution is 7.16. The first-order valence-electron chi connectivity index (χ1n) is 28.8. The minimum Gasteiger partial charge on any atom is -0.477 e. The molecule has 8 bridgehead atoms. The van der Waals surface area contributed by atoms with Gasteiger partial charge >= 0.3 is 5.97 Å². The topological polar surface area (TPSA) is 141 Å². The van der Waals surface area contributed by atoms with E-state index in [-0.39, 0.29) is 5.76 Å². The number of carboxylic acids is 1. The van der Waals surface area contributed by atoms with Crippen LogP contribution in [0.1, 0.15) is 72.4 Å². The van der Waals surface area contributed by atoms with Crippen LogP contribution in [0, 0.1) is 64.7 Å². The molecular weight excluding hydrogens is 1100 g/mol. The number of H-pyrrole nitrogens is 2. The van der Waals surface area contributed by atoms with Crippen molar-refractivity contribution >= 4 is 121 Å². The van der Waals surface area contributed by atoms with Crippen LogP contribution in [0.3, 0.4) is 0 Å². The number of hydrogen-bond donors (Lipinski definition) is 3. The van der Waals surface area contributed by atoms with Crippen molar-refractivity contribution in [3.8, 4) is 28.5 Å². The molecule has 5 aromatic heterocycles. The van der Waals surface area contributed by atoms with Crippen molar-refractivity contribution in [1.82, 2.24) is 19.9 Å².